The molecule has 1 fully saturated rings. The van der Waals surface area contributed by atoms with Crippen LogP contribution in [0.2, 0.25) is 0 Å². The third kappa shape index (κ3) is 3.33. The SMILES string of the molecule is O=C(c1ccc(-n2cncn2)cc1)N(Cc1ccco1)C1CCCC1. The van der Waals surface area contributed by atoms with E-state index in [-0.39, 0.29) is 11.9 Å². The monoisotopic (exact) mass is 336 g/mol. The lowest BCUT2D eigenvalue weighted by Gasteiger charge is -2.28. The number of hydrogen-bond acceptors (Lipinski definition) is 4. The second-order valence-corrected chi connectivity index (χ2v) is 6.34. The Labute approximate surface area is 146 Å². The Morgan fingerprint density at radius 2 is 2.00 bits per heavy atom. The second-order valence-electron chi connectivity index (χ2n) is 6.34. The molecule has 6 nitrogen and oxygen atoms in total. The Kier molecular flexibility index (Phi) is 4.33. The summed E-state index contributed by atoms with van der Waals surface area (Å²) in [6.45, 7) is 0.515. The molecule has 0 radical (unpaired) electrons. The molecule has 1 amide bonds. The first-order valence-corrected chi connectivity index (χ1v) is 8.60. The van der Waals surface area contributed by atoms with E-state index in [1.165, 1.54) is 19.2 Å². The quantitative estimate of drug-likeness (QED) is 0.716. The average molecular weight is 336 g/mol. The minimum absolute atomic E-state index is 0.0495. The maximum Gasteiger partial charge on any atom is 0.254 e. The van der Waals surface area contributed by atoms with E-state index in [0.717, 1.165) is 24.3 Å². The van der Waals surface area contributed by atoms with Gasteiger partial charge in [0.2, 0.25) is 0 Å². The van der Waals surface area contributed by atoms with Crippen LogP contribution in [0, 0.1) is 0 Å². The first-order valence-electron chi connectivity index (χ1n) is 8.60. The van der Waals surface area contributed by atoms with Gasteiger partial charge < -0.3 is 9.32 Å². The minimum Gasteiger partial charge on any atom is -0.467 e. The Morgan fingerprint density at radius 1 is 1.20 bits per heavy atom. The first-order chi connectivity index (χ1) is 12.3. The molecule has 4 rings (SSSR count). The third-order valence-corrected chi connectivity index (χ3v) is 4.73. The van der Waals surface area contributed by atoms with Crippen LogP contribution in [-0.4, -0.2) is 31.6 Å². The van der Waals surface area contributed by atoms with Gasteiger partial charge in [-0.2, -0.15) is 5.10 Å². The highest BCUT2D eigenvalue weighted by molar-refractivity contribution is 5.94. The van der Waals surface area contributed by atoms with E-state index < -0.39 is 0 Å². The van der Waals surface area contributed by atoms with Crippen LogP contribution in [0.15, 0.2) is 59.7 Å². The summed E-state index contributed by atoms with van der Waals surface area (Å²) in [5, 5.41) is 4.11. The minimum atomic E-state index is 0.0495. The van der Waals surface area contributed by atoms with E-state index in [9.17, 15) is 4.79 Å². The van der Waals surface area contributed by atoms with Crippen molar-refractivity contribution in [3.63, 3.8) is 0 Å². The van der Waals surface area contributed by atoms with Crippen LogP contribution < -0.4 is 0 Å². The largest absolute Gasteiger partial charge is 0.467 e. The summed E-state index contributed by atoms with van der Waals surface area (Å²) in [6.07, 6.45) is 9.25. The van der Waals surface area contributed by atoms with Crippen LogP contribution in [0.5, 0.6) is 0 Å². The fraction of sp³-hybridized carbons (Fsp3) is 0.316. The van der Waals surface area contributed by atoms with Gasteiger partial charge in [-0.25, -0.2) is 9.67 Å². The number of benzene rings is 1. The summed E-state index contributed by atoms with van der Waals surface area (Å²) in [4.78, 5) is 19.0. The Hall–Kier alpha value is -2.89. The molecule has 2 heterocycles. The van der Waals surface area contributed by atoms with Crippen molar-refractivity contribution in [1.82, 2.24) is 19.7 Å². The summed E-state index contributed by atoms with van der Waals surface area (Å²) in [5.41, 5.74) is 1.56. The molecule has 0 N–H and O–H groups in total. The van der Waals surface area contributed by atoms with Gasteiger partial charge in [0.05, 0.1) is 18.5 Å². The van der Waals surface area contributed by atoms with Crippen LogP contribution in [0.3, 0.4) is 0 Å². The Bertz CT molecular complexity index is 804. The molecule has 3 aromatic rings. The summed E-state index contributed by atoms with van der Waals surface area (Å²) >= 11 is 0. The van der Waals surface area contributed by atoms with Crippen LogP contribution in [0.4, 0.5) is 0 Å². The maximum absolute atomic E-state index is 13.1. The first kappa shape index (κ1) is 15.6. The molecule has 0 aliphatic heterocycles. The summed E-state index contributed by atoms with van der Waals surface area (Å²) in [5.74, 6) is 0.868. The highest BCUT2D eigenvalue weighted by Gasteiger charge is 2.28. The number of amides is 1. The Morgan fingerprint density at radius 3 is 2.64 bits per heavy atom. The zero-order chi connectivity index (χ0) is 17.1. The average Bonchev–Trinajstić information content (AvgIpc) is 3.43. The lowest BCUT2D eigenvalue weighted by molar-refractivity contribution is 0.0649. The summed E-state index contributed by atoms with van der Waals surface area (Å²) < 4.78 is 7.14. The summed E-state index contributed by atoms with van der Waals surface area (Å²) in [7, 11) is 0. The lowest BCUT2D eigenvalue weighted by atomic mass is 10.1. The number of carbonyl (C=O) groups is 1. The molecular weight excluding hydrogens is 316 g/mol. The fourth-order valence-corrected chi connectivity index (χ4v) is 3.42. The van der Waals surface area contributed by atoms with E-state index >= 15 is 0 Å². The molecule has 1 aliphatic rings. The van der Waals surface area contributed by atoms with Crippen molar-refractivity contribution in [2.75, 3.05) is 0 Å². The molecule has 0 unspecified atom stereocenters. The second kappa shape index (κ2) is 6.93. The van der Waals surface area contributed by atoms with Crippen molar-refractivity contribution in [2.24, 2.45) is 0 Å². The van der Waals surface area contributed by atoms with Gasteiger partial charge in [0.1, 0.15) is 18.4 Å². The fourth-order valence-electron chi connectivity index (χ4n) is 3.42. The van der Waals surface area contributed by atoms with Crippen LogP contribution in [-0.2, 0) is 6.54 Å². The van der Waals surface area contributed by atoms with Crippen molar-refractivity contribution >= 4 is 5.91 Å². The highest BCUT2D eigenvalue weighted by Crippen LogP contribution is 2.27. The molecule has 0 saturated heterocycles. The van der Waals surface area contributed by atoms with E-state index in [2.05, 4.69) is 10.1 Å². The normalized spacial score (nSPS) is 14.7. The van der Waals surface area contributed by atoms with Crippen molar-refractivity contribution in [3.05, 3.63) is 66.6 Å². The predicted octanol–water partition coefficient (Wildman–Crippen LogP) is 3.45. The zero-order valence-corrected chi connectivity index (χ0v) is 13.9. The molecule has 1 saturated carbocycles. The molecule has 1 aromatic carbocycles. The summed E-state index contributed by atoms with van der Waals surface area (Å²) in [6, 6.07) is 11.5. The van der Waals surface area contributed by atoms with Gasteiger partial charge in [0.15, 0.2) is 0 Å². The van der Waals surface area contributed by atoms with E-state index in [0.29, 0.717) is 12.1 Å². The maximum atomic E-state index is 13.1. The topological polar surface area (TPSA) is 64.2 Å². The number of nitrogens with zero attached hydrogens (tertiary/aromatic N) is 4. The van der Waals surface area contributed by atoms with Gasteiger partial charge in [-0.3, -0.25) is 4.79 Å². The van der Waals surface area contributed by atoms with Gasteiger partial charge in [-0.05, 0) is 49.2 Å². The number of hydrogen-bond donors (Lipinski definition) is 0. The highest BCUT2D eigenvalue weighted by atomic mass is 16.3. The molecular formula is C19H20N4O2. The molecule has 2 aromatic heterocycles. The molecule has 1 aliphatic carbocycles. The van der Waals surface area contributed by atoms with Gasteiger partial charge in [0, 0.05) is 11.6 Å². The van der Waals surface area contributed by atoms with Crippen molar-refractivity contribution in [3.8, 4) is 5.69 Å². The van der Waals surface area contributed by atoms with Crippen molar-refractivity contribution < 1.29 is 9.21 Å². The predicted molar refractivity (Wildman–Crippen MR) is 92.2 cm³/mol. The van der Waals surface area contributed by atoms with E-state index in [1.807, 2.05) is 41.3 Å². The van der Waals surface area contributed by atoms with Crippen LogP contribution in [0.25, 0.3) is 5.69 Å². The van der Waals surface area contributed by atoms with E-state index in [1.54, 1.807) is 17.3 Å². The molecule has 6 heteroatoms. The Balaban J connectivity index is 1.56. The van der Waals surface area contributed by atoms with Gasteiger partial charge >= 0.3 is 0 Å². The van der Waals surface area contributed by atoms with Crippen LogP contribution in [0.1, 0.15) is 41.8 Å². The standard InChI is InChI=1S/C19H20N4O2/c24-19(15-7-9-17(10-8-15)23-14-20-13-21-23)22(16-4-1-2-5-16)12-18-6-3-11-25-18/h3,6-11,13-14,16H,1-2,4-5,12H2. The third-order valence-electron chi connectivity index (χ3n) is 4.73. The molecule has 25 heavy (non-hydrogen) atoms. The molecule has 128 valence electrons. The number of rotatable bonds is 5. The van der Waals surface area contributed by atoms with Gasteiger partial charge in [0.25, 0.3) is 5.91 Å². The van der Waals surface area contributed by atoms with Crippen molar-refractivity contribution in [2.45, 2.75) is 38.3 Å². The van der Waals surface area contributed by atoms with Crippen molar-refractivity contribution in [1.29, 1.82) is 0 Å². The van der Waals surface area contributed by atoms with E-state index in [4.69, 9.17) is 4.42 Å². The number of furan rings is 1. The number of carbonyl (C=O) groups excluding carboxylic acids is 1. The van der Waals surface area contributed by atoms with Crippen LogP contribution >= 0.6 is 0 Å². The van der Waals surface area contributed by atoms with Gasteiger partial charge in [-0.15, -0.1) is 0 Å². The molecule has 0 bridgehead atoms. The smallest absolute Gasteiger partial charge is 0.254 e. The molecule has 0 spiro atoms. The zero-order valence-electron chi connectivity index (χ0n) is 13.9. The van der Waals surface area contributed by atoms with Gasteiger partial charge in [-0.1, -0.05) is 12.8 Å². The molecule has 0 atom stereocenters. The number of aromatic nitrogens is 3. The lowest BCUT2D eigenvalue weighted by Crippen LogP contribution is -2.38.